The predicted molar refractivity (Wildman–Crippen MR) is 69.3 cm³/mol. The van der Waals surface area contributed by atoms with Gasteiger partial charge in [-0.15, -0.1) is 0 Å². The van der Waals surface area contributed by atoms with Crippen LogP contribution in [0.2, 0.25) is 0 Å². The molecule has 1 aromatic rings. The Kier molecular flexibility index (Phi) is 4.02. The second-order valence-electron chi connectivity index (χ2n) is 4.72. The summed E-state index contributed by atoms with van der Waals surface area (Å²) in [5.74, 6) is 0. The molecule has 94 valence electrons. The Hall–Kier alpha value is -1.06. The number of hydrogen-bond donors (Lipinski definition) is 1. The summed E-state index contributed by atoms with van der Waals surface area (Å²) in [5, 5.41) is 9.81. The fraction of sp³-hybridized carbons (Fsp3) is 0.571. The number of para-hydroxylation sites is 1. The van der Waals surface area contributed by atoms with E-state index in [0.29, 0.717) is 0 Å². The van der Waals surface area contributed by atoms with Gasteiger partial charge in [0.05, 0.1) is 12.2 Å². The predicted octanol–water partition coefficient (Wildman–Crippen LogP) is 2.36. The minimum absolute atomic E-state index is 0.250. The molecule has 2 rings (SSSR count). The van der Waals surface area contributed by atoms with Gasteiger partial charge in [0.25, 0.3) is 0 Å². The fourth-order valence-electron chi connectivity index (χ4n) is 2.34. The van der Waals surface area contributed by atoms with Crippen molar-refractivity contribution in [3.05, 3.63) is 29.8 Å². The highest BCUT2D eigenvalue weighted by atomic mass is 16.5. The van der Waals surface area contributed by atoms with Crippen molar-refractivity contribution in [1.29, 1.82) is 0 Å². The molecule has 1 unspecified atom stereocenters. The summed E-state index contributed by atoms with van der Waals surface area (Å²) < 4.78 is 5.65. The minimum Gasteiger partial charge on any atom is -0.389 e. The monoisotopic (exact) mass is 235 g/mol. The van der Waals surface area contributed by atoms with E-state index in [1.165, 1.54) is 0 Å². The van der Waals surface area contributed by atoms with Crippen molar-refractivity contribution in [2.45, 2.75) is 32.5 Å². The van der Waals surface area contributed by atoms with Gasteiger partial charge in [0.15, 0.2) is 0 Å². The van der Waals surface area contributed by atoms with E-state index in [1.807, 2.05) is 25.1 Å². The molecule has 0 bridgehead atoms. The summed E-state index contributed by atoms with van der Waals surface area (Å²) >= 11 is 0. The molecule has 1 fully saturated rings. The Morgan fingerprint density at radius 1 is 1.41 bits per heavy atom. The summed E-state index contributed by atoms with van der Waals surface area (Å²) in [6, 6.07) is 8.08. The molecule has 1 saturated heterocycles. The summed E-state index contributed by atoms with van der Waals surface area (Å²) in [7, 11) is 0. The van der Waals surface area contributed by atoms with E-state index in [1.54, 1.807) is 0 Å². The molecule has 0 amide bonds. The topological polar surface area (TPSA) is 32.7 Å². The van der Waals surface area contributed by atoms with Gasteiger partial charge < -0.3 is 14.7 Å². The summed E-state index contributed by atoms with van der Waals surface area (Å²) in [6.45, 7) is 6.63. The summed E-state index contributed by atoms with van der Waals surface area (Å²) in [6.07, 6.45) is 0.864. The molecule has 1 N–H and O–H groups in total. The third kappa shape index (κ3) is 2.99. The first kappa shape index (κ1) is 12.4. The highest BCUT2D eigenvalue weighted by Crippen LogP contribution is 2.27. The number of hydrogen-bond acceptors (Lipinski definition) is 3. The number of aliphatic hydroxyl groups is 1. The molecule has 1 heterocycles. The maximum atomic E-state index is 9.81. The number of rotatable bonds is 2. The molecule has 0 aliphatic carbocycles. The molecule has 1 aliphatic rings. The second kappa shape index (κ2) is 5.52. The van der Waals surface area contributed by atoms with Gasteiger partial charge in [0, 0.05) is 30.9 Å². The van der Waals surface area contributed by atoms with E-state index in [0.717, 1.165) is 37.4 Å². The molecular formula is C14H21NO2. The summed E-state index contributed by atoms with van der Waals surface area (Å²) in [4.78, 5) is 2.32. The standard InChI is InChI=1S/C14H21NO2/c1-11-10-15(8-5-9-17-11)14-7-4-3-6-13(14)12(2)16/h3-4,6-7,11-12,16H,5,8-10H2,1-2H3/t11?,12-/m0/s1. The van der Waals surface area contributed by atoms with Crippen molar-refractivity contribution < 1.29 is 9.84 Å². The number of ether oxygens (including phenoxy) is 1. The van der Waals surface area contributed by atoms with Crippen LogP contribution in [-0.4, -0.2) is 30.9 Å². The largest absolute Gasteiger partial charge is 0.389 e. The van der Waals surface area contributed by atoms with E-state index in [2.05, 4.69) is 17.9 Å². The van der Waals surface area contributed by atoms with Crippen molar-refractivity contribution in [2.24, 2.45) is 0 Å². The van der Waals surface area contributed by atoms with Crippen molar-refractivity contribution in [2.75, 3.05) is 24.6 Å². The average Bonchev–Trinajstić information content (AvgIpc) is 2.54. The molecule has 3 heteroatoms. The maximum Gasteiger partial charge on any atom is 0.0781 e. The highest BCUT2D eigenvalue weighted by molar-refractivity contribution is 5.54. The van der Waals surface area contributed by atoms with Crippen LogP contribution in [0.1, 0.15) is 31.9 Å². The van der Waals surface area contributed by atoms with Crippen LogP contribution < -0.4 is 4.90 Å². The van der Waals surface area contributed by atoms with Crippen molar-refractivity contribution in [3.8, 4) is 0 Å². The molecule has 1 aliphatic heterocycles. The Labute approximate surface area is 103 Å². The SMILES string of the molecule is CC1CN(c2ccccc2[C@H](C)O)CCCO1. The van der Waals surface area contributed by atoms with Crippen LogP contribution in [0, 0.1) is 0 Å². The quantitative estimate of drug-likeness (QED) is 0.854. The van der Waals surface area contributed by atoms with Gasteiger partial charge in [-0.1, -0.05) is 18.2 Å². The van der Waals surface area contributed by atoms with E-state index in [9.17, 15) is 5.11 Å². The lowest BCUT2D eigenvalue weighted by atomic mass is 10.1. The molecule has 17 heavy (non-hydrogen) atoms. The van der Waals surface area contributed by atoms with Crippen LogP contribution >= 0.6 is 0 Å². The molecule has 0 aromatic heterocycles. The van der Waals surface area contributed by atoms with E-state index in [-0.39, 0.29) is 6.10 Å². The maximum absolute atomic E-state index is 9.81. The van der Waals surface area contributed by atoms with E-state index >= 15 is 0 Å². The zero-order valence-electron chi connectivity index (χ0n) is 10.6. The Morgan fingerprint density at radius 3 is 2.94 bits per heavy atom. The number of nitrogens with zero attached hydrogens (tertiary/aromatic N) is 1. The molecule has 0 saturated carbocycles. The van der Waals surface area contributed by atoms with Crippen LogP contribution in [0.3, 0.4) is 0 Å². The van der Waals surface area contributed by atoms with E-state index < -0.39 is 6.10 Å². The zero-order chi connectivity index (χ0) is 12.3. The number of anilines is 1. The zero-order valence-corrected chi connectivity index (χ0v) is 10.6. The normalized spacial score (nSPS) is 23.2. The summed E-state index contributed by atoms with van der Waals surface area (Å²) in [5.41, 5.74) is 2.14. The van der Waals surface area contributed by atoms with Gasteiger partial charge in [-0.3, -0.25) is 0 Å². The molecule has 0 radical (unpaired) electrons. The van der Waals surface area contributed by atoms with Gasteiger partial charge in [-0.2, -0.15) is 0 Å². The highest BCUT2D eigenvalue weighted by Gasteiger charge is 2.18. The Bertz CT molecular complexity index is 365. The molecule has 3 nitrogen and oxygen atoms in total. The van der Waals surface area contributed by atoms with Crippen molar-refractivity contribution in [1.82, 2.24) is 0 Å². The first-order valence-corrected chi connectivity index (χ1v) is 6.32. The van der Waals surface area contributed by atoms with Crippen LogP contribution in [0.5, 0.6) is 0 Å². The molecule has 0 spiro atoms. The van der Waals surface area contributed by atoms with Gasteiger partial charge in [0.2, 0.25) is 0 Å². The van der Waals surface area contributed by atoms with Gasteiger partial charge in [-0.05, 0) is 26.3 Å². The Morgan fingerprint density at radius 2 is 2.18 bits per heavy atom. The van der Waals surface area contributed by atoms with Gasteiger partial charge in [-0.25, -0.2) is 0 Å². The fourth-order valence-corrected chi connectivity index (χ4v) is 2.34. The minimum atomic E-state index is -0.425. The van der Waals surface area contributed by atoms with E-state index in [4.69, 9.17) is 4.74 Å². The first-order valence-electron chi connectivity index (χ1n) is 6.32. The van der Waals surface area contributed by atoms with Crippen LogP contribution in [0.4, 0.5) is 5.69 Å². The average molecular weight is 235 g/mol. The number of benzene rings is 1. The second-order valence-corrected chi connectivity index (χ2v) is 4.72. The Balaban J connectivity index is 2.25. The smallest absolute Gasteiger partial charge is 0.0781 e. The lowest BCUT2D eigenvalue weighted by Gasteiger charge is -2.27. The van der Waals surface area contributed by atoms with Crippen molar-refractivity contribution >= 4 is 5.69 Å². The van der Waals surface area contributed by atoms with Gasteiger partial charge in [0.1, 0.15) is 0 Å². The molecule has 1 aromatic carbocycles. The lowest BCUT2D eigenvalue weighted by molar-refractivity contribution is 0.0820. The van der Waals surface area contributed by atoms with Crippen LogP contribution in [-0.2, 0) is 4.74 Å². The van der Waals surface area contributed by atoms with Crippen LogP contribution in [0.15, 0.2) is 24.3 Å². The molecular weight excluding hydrogens is 214 g/mol. The van der Waals surface area contributed by atoms with Crippen molar-refractivity contribution in [3.63, 3.8) is 0 Å². The lowest BCUT2D eigenvalue weighted by Crippen LogP contribution is -2.31. The third-order valence-electron chi connectivity index (χ3n) is 3.18. The first-order chi connectivity index (χ1) is 8.18. The molecule has 2 atom stereocenters. The number of aliphatic hydroxyl groups excluding tert-OH is 1. The van der Waals surface area contributed by atoms with Crippen LogP contribution in [0.25, 0.3) is 0 Å². The van der Waals surface area contributed by atoms with Gasteiger partial charge >= 0.3 is 0 Å². The third-order valence-corrected chi connectivity index (χ3v) is 3.18.